The Labute approximate surface area is 513 Å². The van der Waals surface area contributed by atoms with E-state index < -0.39 is 6.10 Å². The average molecular weight is 1150 g/mol. The van der Waals surface area contributed by atoms with Crippen LogP contribution in [0.25, 0.3) is 0 Å². The molecule has 0 amide bonds. The number of rotatable bonds is 62. The Morgan fingerprint density at radius 1 is 0.253 bits per heavy atom. The van der Waals surface area contributed by atoms with Crippen LogP contribution in [0.3, 0.4) is 0 Å². The van der Waals surface area contributed by atoms with Gasteiger partial charge in [0.15, 0.2) is 6.10 Å². The predicted molar refractivity (Wildman–Crippen MR) is 362 cm³/mol. The highest BCUT2D eigenvalue weighted by Crippen LogP contribution is 2.17. The minimum Gasteiger partial charge on any atom is -0.462 e. The van der Waals surface area contributed by atoms with Gasteiger partial charge < -0.3 is 14.2 Å². The molecule has 0 aromatic rings. The molecule has 0 saturated carbocycles. The summed E-state index contributed by atoms with van der Waals surface area (Å²) in [7, 11) is 0. The monoisotopic (exact) mass is 1150 g/mol. The van der Waals surface area contributed by atoms with Crippen LogP contribution < -0.4 is 0 Å². The number of hydrogen-bond acceptors (Lipinski definition) is 6. The third kappa shape index (κ3) is 68.2. The Balaban J connectivity index is 4.39. The van der Waals surface area contributed by atoms with Gasteiger partial charge in [-0.2, -0.15) is 0 Å². The van der Waals surface area contributed by atoms with Crippen molar-refractivity contribution in [3.63, 3.8) is 0 Å². The third-order valence-electron chi connectivity index (χ3n) is 14.7. The van der Waals surface area contributed by atoms with Crippen LogP contribution in [0.2, 0.25) is 0 Å². The molecule has 0 rings (SSSR count). The molecule has 0 aromatic heterocycles. The van der Waals surface area contributed by atoms with Gasteiger partial charge >= 0.3 is 17.9 Å². The second kappa shape index (κ2) is 70.0. The fourth-order valence-corrected chi connectivity index (χ4v) is 9.53. The van der Waals surface area contributed by atoms with Gasteiger partial charge in [0.2, 0.25) is 0 Å². The van der Waals surface area contributed by atoms with Crippen LogP contribution in [-0.2, 0) is 28.6 Å². The molecule has 0 radical (unpaired) electrons. The summed E-state index contributed by atoms with van der Waals surface area (Å²) in [5.41, 5.74) is 0. The minimum absolute atomic E-state index is 0.0984. The van der Waals surface area contributed by atoms with Gasteiger partial charge in [-0.25, -0.2) is 0 Å². The smallest absolute Gasteiger partial charge is 0.306 e. The van der Waals surface area contributed by atoms with Crippen LogP contribution in [0, 0.1) is 0 Å². The SMILES string of the molecule is CC/C=C\C/C=C\C/C=C\C/C=C\C/C=C\C/C=C\C/C=C\CCCCCCCCCC(=O)OCC(COC(=O)CCCC/C=C\C/C=C\C/C=C\C/C=C\CC)OC(=O)CCCCCCCCCCCCCCCCCCCCCCC. The molecular weight excluding hydrogens is 1020 g/mol. The van der Waals surface area contributed by atoms with E-state index in [1.54, 1.807) is 0 Å². The van der Waals surface area contributed by atoms with Gasteiger partial charge in [-0.1, -0.05) is 315 Å². The number of ether oxygens (including phenoxy) is 3. The van der Waals surface area contributed by atoms with E-state index in [4.69, 9.17) is 14.2 Å². The van der Waals surface area contributed by atoms with Gasteiger partial charge in [0, 0.05) is 19.3 Å². The fourth-order valence-electron chi connectivity index (χ4n) is 9.53. The van der Waals surface area contributed by atoms with Gasteiger partial charge in [-0.3, -0.25) is 14.4 Å². The summed E-state index contributed by atoms with van der Waals surface area (Å²) < 4.78 is 16.9. The maximum atomic E-state index is 13.0. The Morgan fingerprint density at radius 3 is 0.759 bits per heavy atom. The molecule has 0 aliphatic carbocycles. The molecule has 0 aliphatic rings. The summed E-state index contributed by atoms with van der Waals surface area (Å²) in [4.78, 5) is 38.4. The molecule has 1 atom stereocenters. The van der Waals surface area contributed by atoms with Crippen molar-refractivity contribution in [2.75, 3.05) is 13.2 Å². The van der Waals surface area contributed by atoms with Crippen molar-refractivity contribution in [3.8, 4) is 0 Å². The van der Waals surface area contributed by atoms with E-state index in [1.165, 1.54) is 141 Å². The lowest BCUT2D eigenvalue weighted by Crippen LogP contribution is -2.30. The molecule has 0 aliphatic heterocycles. The number of carbonyl (C=O) groups is 3. The van der Waals surface area contributed by atoms with Gasteiger partial charge in [0.05, 0.1) is 0 Å². The predicted octanol–water partition coefficient (Wildman–Crippen LogP) is 24.1. The molecule has 0 saturated heterocycles. The zero-order chi connectivity index (χ0) is 59.9. The fraction of sp³-hybridized carbons (Fsp3) is 0.675. The Kier molecular flexibility index (Phi) is 66.3. The van der Waals surface area contributed by atoms with Crippen molar-refractivity contribution in [2.45, 2.75) is 322 Å². The van der Waals surface area contributed by atoms with E-state index in [9.17, 15) is 14.4 Å². The van der Waals surface area contributed by atoms with Crippen LogP contribution in [0.5, 0.6) is 0 Å². The van der Waals surface area contributed by atoms with E-state index in [2.05, 4.69) is 154 Å². The average Bonchev–Trinajstić information content (AvgIpc) is 3.49. The number of allylic oxidation sites excluding steroid dienone is 22. The first-order valence-electron chi connectivity index (χ1n) is 34.7. The van der Waals surface area contributed by atoms with Crippen molar-refractivity contribution < 1.29 is 28.6 Å². The summed E-state index contributed by atoms with van der Waals surface area (Å²) in [6.07, 6.45) is 99.0. The molecule has 0 aromatic carbocycles. The molecule has 83 heavy (non-hydrogen) atoms. The largest absolute Gasteiger partial charge is 0.462 e. The number of unbranched alkanes of at least 4 members (excludes halogenated alkanes) is 29. The minimum atomic E-state index is -0.804. The lowest BCUT2D eigenvalue weighted by atomic mass is 10.0. The van der Waals surface area contributed by atoms with E-state index in [1.807, 2.05) is 0 Å². The molecule has 6 nitrogen and oxygen atoms in total. The van der Waals surface area contributed by atoms with Crippen LogP contribution in [0.1, 0.15) is 316 Å². The normalized spacial score (nSPS) is 13.0. The highest BCUT2D eigenvalue weighted by molar-refractivity contribution is 5.71. The quantitative estimate of drug-likeness (QED) is 0.0261. The van der Waals surface area contributed by atoms with Crippen LogP contribution >= 0.6 is 0 Å². The highest BCUT2D eigenvalue weighted by Gasteiger charge is 2.19. The van der Waals surface area contributed by atoms with Crippen LogP contribution in [0.15, 0.2) is 134 Å². The van der Waals surface area contributed by atoms with E-state index in [-0.39, 0.29) is 31.1 Å². The van der Waals surface area contributed by atoms with Crippen molar-refractivity contribution in [2.24, 2.45) is 0 Å². The molecule has 0 spiro atoms. The highest BCUT2D eigenvalue weighted by atomic mass is 16.6. The lowest BCUT2D eigenvalue weighted by Gasteiger charge is -2.18. The standard InChI is InChI=1S/C77H128O6/c1-4-7-10-13-16-19-22-25-28-30-32-34-35-36-37-38-39-40-41-43-44-46-49-52-55-58-61-64-67-70-76(79)82-73-74(72-81-75(78)69-66-63-60-57-54-51-48-27-24-21-18-15-12-9-6-3)83-77(80)71-68-65-62-59-56-53-50-47-45-42-33-31-29-26-23-20-17-14-11-8-5-2/h7,9-10,12,16,18-19,21,25,27-28,32,34,36-37,39-40,43-44,48,54,57,74H,4-6,8,11,13-15,17,20,22-24,26,29-31,33,35,38,41-42,45-47,49-53,55-56,58-73H2,1-3H3/b10-7-,12-9-,19-16-,21-18-,28-25-,34-32-,37-36-,40-39-,44-43-,48-27-,57-54-. The van der Waals surface area contributed by atoms with Crippen molar-refractivity contribution in [3.05, 3.63) is 134 Å². The maximum Gasteiger partial charge on any atom is 0.306 e. The van der Waals surface area contributed by atoms with Crippen molar-refractivity contribution in [1.82, 2.24) is 0 Å². The molecule has 472 valence electrons. The maximum absolute atomic E-state index is 13.0. The van der Waals surface area contributed by atoms with Gasteiger partial charge in [0.25, 0.3) is 0 Å². The van der Waals surface area contributed by atoms with Crippen molar-refractivity contribution >= 4 is 17.9 Å². The van der Waals surface area contributed by atoms with Gasteiger partial charge in [0.1, 0.15) is 13.2 Å². The molecule has 0 bridgehead atoms. The second-order valence-corrected chi connectivity index (χ2v) is 22.7. The first kappa shape index (κ1) is 78.5. The summed E-state index contributed by atoms with van der Waals surface area (Å²) in [6, 6.07) is 0. The zero-order valence-corrected chi connectivity index (χ0v) is 54.2. The summed E-state index contributed by atoms with van der Waals surface area (Å²) >= 11 is 0. The van der Waals surface area contributed by atoms with Crippen LogP contribution in [-0.4, -0.2) is 37.2 Å². The van der Waals surface area contributed by atoms with Crippen LogP contribution in [0.4, 0.5) is 0 Å². The second-order valence-electron chi connectivity index (χ2n) is 22.7. The summed E-state index contributed by atoms with van der Waals surface area (Å²) in [5.74, 6) is -0.941. The molecule has 0 fully saturated rings. The summed E-state index contributed by atoms with van der Waals surface area (Å²) in [6.45, 7) is 6.40. The topological polar surface area (TPSA) is 78.9 Å². The lowest BCUT2D eigenvalue weighted by molar-refractivity contribution is -0.167. The number of carbonyl (C=O) groups excluding carboxylic acids is 3. The molecular formula is C77H128O6. The molecule has 1 unspecified atom stereocenters. The van der Waals surface area contributed by atoms with Crippen molar-refractivity contribution in [1.29, 1.82) is 0 Å². The number of esters is 3. The van der Waals surface area contributed by atoms with Gasteiger partial charge in [-0.05, 0) is 116 Å². The zero-order valence-electron chi connectivity index (χ0n) is 54.2. The number of hydrogen-bond donors (Lipinski definition) is 0. The van der Waals surface area contributed by atoms with E-state index in [0.29, 0.717) is 19.3 Å². The van der Waals surface area contributed by atoms with Gasteiger partial charge in [-0.15, -0.1) is 0 Å². The third-order valence-corrected chi connectivity index (χ3v) is 14.7. The van der Waals surface area contributed by atoms with E-state index >= 15 is 0 Å². The summed E-state index contributed by atoms with van der Waals surface area (Å²) in [5, 5.41) is 0. The Hall–Kier alpha value is -4.45. The molecule has 6 heteroatoms. The first-order chi connectivity index (χ1) is 41.0. The first-order valence-corrected chi connectivity index (χ1v) is 34.7. The molecule has 0 heterocycles. The molecule has 0 N–H and O–H groups in total. The Morgan fingerprint density at radius 2 is 0.470 bits per heavy atom. The Bertz CT molecular complexity index is 1750. The van der Waals surface area contributed by atoms with E-state index in [0.717, 1.165) is 135 Å².